The maximum absolute atomic E-state index is 12.5. The van der Waals surface area contributed by atoms with Gasteiger partial charge in [-0.1, -0.05) is 31.0 Å². The van der Waals surface area contributed by atoms with Crippen LogP contribution in [0.2, 0.25) is 0 Å². The van der Waals surface area contributed by atoms with Gasteiger partial charge in [-0.15, -0.1) is 0 Å². The van der Waals surface area contributed by atoms with Crippen LogP contribution in [-0.2, 0) is 9.59 Å². The number of carbonyl (C=O) groups excluding carboxylic acids is 2. The van der Waals surface area contributed by atoms with Gasteiger partial charge in [-0.25, -0.2) is 0 Å². The van der Waals surface area contributed by atoms with E-state index in [1.807, 2.05) is 49.2 Å². The number of nitrogens with one attached hydrogen (secondary N) is 2. The third-order valence-electron chi connectivity index (χ3n) is 5.73. The van der Waals surface area contributed by atoms with Crippen LogP contribution in [0.3, 0.4) is 0 Å². The van der Waals surface area contributed by atoms with Crippen LogP contribution in [0.15, 0.2) is 30.3 Å². The quantitative estimate of drug-likeness (QED) is 0.766. The minimum Gasteiger partial charge on any atom is -0.365 e. The van der Waals surface area contributed by atoms with Gasteiger partial charge < -0.3 is 15.5 Å². The molecule has 0 spiro atoms. The second-order valence-electron chi connectivity index (χ2n) is 7.74. The van der Waals surface area contributed by atoms with Crippen LogP contribution in [0.1, 0.15) is 39.0 Å². The van der Waals surface area contributed by atoms with E-state index in [0.29, 0.717) is 25.6 Å². The van der Waals surface area contributed by atoms with Gasteiger partial charge in [-0.3, -0.25) is 14.5 Å². The van der Waals surface area contributed by atoms with Crippen molar-refractivity contribution in [2.75, 3.05) is 31.6 Å². The fraction of sp³-hybridized carbons (Fsp3) is 0.619. The summed E-state index contributed by atoms with van der Waals surface area (Å²) in [5, 5.41) is 6.12. The minimum atomic E-state index is -0.120. The maximum Gasteiger partial charge on any atom is 0.239 e. The van der Waals surface area contributed by atoms with Gasteiger partial charge >= 0.3 is 0 Å². The predicted octanol–water partition coefficient (Wildman–Crippen LogP) is 1.76. The molecule has 2 fully saturated rings. The summed E-state index contributed by atoms with van der Waals surface area (Å²) in [6, 6.07) is 10.3. The van der Waals surface area contributed by atoms with Crippen LogP contribution in [0.5, 0.6) is 0 Å². The first-order chi connectivity index (χ1) is 13.1. The highest BCUT2D eigenvalue weighted by atomic mass is 16.2. The lowest BCUT2D eigenvalue weighted by atomic mass is 10.1. The van der Waals surface area contributed by atoms with Crippen molar-refractivity contribution in [3.05, 3.63) is 30.3 Å². The molecule has 1 aliphatic heterocycles. The van der Waals surface area contributed by atoms with Crippen molar-refractivity contribution < 1.29 is 9.59 Å². The van der Waals surface area contributed by atoms with Gasteiger partial charge in [-0.05, 0) is 38.3 Å². The zero-order chi connectivity index (χ0) is 19.2. The summed E-state index contributed by atoms with van der Waals surface area (Å²) >= 11 is 0. The minimum absolute atomic E-state index is 0.00859. The molecule has 2 atom stereocenters. The number of benzene rings is 1. The van der Waals surface area contributed by atoms with E-state index in [9.17, 15) is 9.59 Å². The van der Waals surface area contributed by atoms with Crippen molar-refractivity contribution >= 4 is 17.5 Å². The van der Waals surface area contributed by atoms with Gasteiger partial charge in [0.15, 0.2) is 0 Å². The average Bonchev–Trinajstić information content (AvgIpc) is 3.32. The Labute approximate surface area is 162 Å². The van der Waals surface area contributed by atoms with Crippen LogP contribution in [-0.4, -0.2) is 61.5 Å². The molecular formula is C21H32N4O2. The zero-order valence-electron chi connectivity index (χ0n) is 16.5. The van der Waals surface area contributed by atoms with E-state index in [-0.39, 0.29) is 23.9 Å². The van der Waals surface area contributed by atoms with E-state index in [0.717, 1.165) is 25.1 Å². The summed E-state index contributed by atoms with van der Waals surface area (Å²) in [5.41, 5.74) is 1.02. The van der Waals surface area contributed by atoms with Crippen LogP contribution in [0.25, 0.3) is 0 Å². The summed E-state index contributed by atoms with van der Waals surface area (Å²) < 4.78 is 0. The van der Waals surface area contributed by atoms with Gasteiger partial charge in [0.05, 0.1) is 12.6 Å². The Morgan fingerprint density at radius 2 is 1.89 bits per heavy atom. The molecule has 1 aromatic rings. The summed E-state index contributed by atoms with van der Waals surface area (Å²) in [7, 11) is 1.92. The molecule has 0 unspecified atom stereocenters. The molecule has 6 nitrogen and oxygen atoms in total. The van der Waals surface area contributed by atoms with Crippen LogP contribution < -0.4 is 15.5 Å². The number of hydrogen-bond donors (Lipinski definition) is 2. The molecule has 1 saturated heterocycles. The number of carbonyl (C=O) groups is 2. The molecule has 0 radical (unpaired) electrons. The van der Waals surface area contributed by atoms with Crippen molar-refractivity contribution in [1.29, 1.82) is 0 Å². The van der Waals surface area contributed by atoms with E-state index >= 15 is 0 Å². The van der Waals surface area contributed by atoms with Gasteiger partial charge in [0, 0.05) is 37.9 Å². The number of amides is 2. The van der Waals surface area contributed by atoms with E-state index in [1.54, 1.807) is 0 Å². The Kier molecular flexibility index (Phi) is 6.72. The lowest BCUT2D eigenvalue weighted by molar-refractivity contribution is -0.126. The van der Waals surface area contributed by atoms with Crippen molar-refractivity contribution in [1.82, 2.24) is 15.5 Å². The molecule has 1 saturated carbocycles. The van der Waals surface area contributed by atoms with E-state index < -0.39 is 0 Å². The number of anilines is 1. The average molecular weight is 373 g/mol. The highest BCUT2D eigenvalue weighted by molar-refractivity contribution is 5.83. The second kappa shape index (κ2) is 9.22. The molecule has 0 bridgehead atoms. The normalized spacial score (nSPS) is 23.3. The maximum atomic E-state index is 12.5. The third-order valence-corrected chi connectivity index (χ3v) is 5.73. The van der Waals surface area contributed by atoms with Crippen molar-refractivity contribution in [2.45, 2.75) is 57.2 Å². The summed E-state index contributed by atoms with van der Waals surface area (Å²) in [6.07, 6.45) is 5.49. The van der Waals surface area contributed by atoms with E-state index in [2.05, 4.69) is 15.5 Å². The number of likely N-dealkylation sites (N-methyl/N-ethyl adjacent to an activating group) is 2. The predicted molar refractivity (Wildman–Crippen MR) is 108 cm³/mol. The molecule has 148 valence electrons. The van der Waals surface area contributed by atoms with E-state index in [1.165, 1.54) is 12.8 Å². The summed E-state index contributed by atoms with van der Waals surface area (Å²) in [5.74, 6) is 0.108. The second-order valence-corrected chi connectivity index (χ2v) is 7.74. The van der Waals surface area contributed by atoms with Crippen LogP contribution in [0.4, 0.5) is 5.69 Å². The van der Waals surface area contributed by atoms with Crippen molar-refractivity contribution in [3.63, 3.8) is 0 Å². The Bertz CT molecular complexity index is 630. The van der Waals surface area contributed by atoms with Crippen LogP contribution >= 0.6 is 0 Å². The highest BCUT2D eigenvalue weighted by Gasteiger charge is 2.41. The monoisotopic (exact) mass is 372 g/mol. The largest absolute Gasteiger partial charge is 0.365 e. The molecule has 2 amide bonds. The Balaban J connectivity index is 1.57. The molecule has 1 aromatic carbocycles. The van der Waals surface area contributed by atoms with Gasteiger partial charge in [0.2, 0.25) is 11.8 Å². The topological polar surface area (TPSA) is 64.7 Å². The number of nitrogens with zero attached hydrogens (tertiary/aromatic N) is 2. The first-order valence-corrected chi connectivity index (χ1v) is 10.2. The molecule has 3 rings (SSSR count). The molecule has 27 heavy (non-hydrogen) atoms. The standard InChI is InChI=1S/C21H32N4O2/c1-3-22-21(27)19-13-16(14-25(19)18-11-7-8-12-18)23-20(26)15-24(2)17-9-5-4-6-10-17/h4-6,9-10,16,18-19H,3,7-8,11-15H2,1-2H3,(H,22,27)(H,23,26)/t16-,19-/m0/s1. The summed E-state index contributed by atoms with van der Waals surface area (Å²) in [6.45, 7) is 3.68. The number of hydrogen-bond acceptors (Lipinski definition) is 4. The molecule has 1 aliphatic carbocycles. The smallest absolute Gasteiger partial charge is 0.239 e. The Morgan fingerprint density at radius 3 is 2.56 bits per heavy atom. The molecule has 2 aliphatic rings. The lowest BCUT2D eigenvalue weighted by Gasteiger charge is -2.29. The molecule has 1 heterocycles. The SMILES string of the molecule is CCNC(=O)[C@@H]1C[C@H](NC(=O)CN(C)c2ccccc2)CN1C1CCCC1. The first kappa shape index (κ1) is 19.7. The number of rotatable bonds is 7. The zero-order valence-corrected chi connectivity index (χ0v) is 16.5. The molecule has 0 aromatic heterocycles. The fourth-order valence-electron chi connectivity index (χ4n) is 4.42. The first-order valence-electron chi connectivity index (χ1n) is 10.2. The lowest BCUT2D eigenvalue weighted by Crippen LogP contribution is -2.47. The van der Waals surface area contributed by atoms with Crippen molar-refractivity contribution in [3.8, 4) is 0 Å². The third kappa shape index (κ3) is 5.01. The Morgan fingerprint density at radius 1 is 1.19 bits per heavy atom. The number of para-hydroxylation sites is 1. The number of likely N-dealkylation sites (tertiary alicyclic amines) is 1. The van der Waals surface area contributed by atoms with Gasteiger partial charge in [-0.2, -0.15) is 0 Å². The van der Waals surface area contributed by atoms with Crippen molar-refractivity contribution in [2.24, 2.45) is 0 Å². The fourth-order valence-corrected chi connectivity index (χ4v) is 4.42. The van der Waals surface area contributed by atoms with Gasteiger partial charge in [0.25, 0.3) is 0 Å². The van der Waals surface area contributed by atoms with Crippen LogP contribution in [0, 0.1) is 0 Å². The Hall–Kier alpha value is -2.08. The molecule has 2 N–H and O–H groups in total. The molecule has 6 heteroatoms. The van der Waals surface area contributed by atoms with Gasteiger partial charge in [0.1, 0.15) is 0 Å². The highest BCUT2D eigenvalue weighted by Crippen LogP contribution is 2.30. The molecular weight excluding hydrogens is 340 g/mol. The van der Waals surface area contributed by atoms with E-state index in [4.69, 9.17) is 0 Å². The summed E-state index contributed by atoms with van der Waals surface area (Å²) in [4.78, 5) is 29.4.